The van der Waals surface area contributed by atoms with Gasteiger partial charge in [0, 0.05) is 20.6 Å². The SMILES string of the molecule is Cc1ccc2c(c1)N(C)N(C)C2. The second kappa shape index (κ2) is 2.49. The molecule has 0 bridgehead atoms. The van der Waals surface area contributed by atoms with Gasteiger partial charge in [-0.05, 0) is 24.1 Å². The summed E-state index contributed by atoms with van der Waals surface area (Å²) in [5.41, 5.74) is 4.10. The first kappa shape index (κ1) is 7.62. The number of hydrazine groups is 1. The molecule has 1 aromatic rings. The Hall–Kier alpha value is -1.02. The molecule has 0 saturated carbocycles. The highest BCUT2D eigenvalue weighted by molar-refractivity contribution is 5.57. The molecule has 0 unspecified atom stereocenters. The van der Waals surface area contributed by atoms with Crippen LogP contribution in [0.2, 0.25) is 0 Å². The maximum absolute atomic E-state index is 2.23. The molecule has 1 aliphatic heterocycles. The number of hydrogen-bond acceptors (Lipinski definition) is 2. The third-order valence-corrected chi connectivity index (χ3v) is 2.50. The molecule has 2 rings (SSSR count). The first-order chi connectivity index (χ1) is 5.68. The molecular weight excluding hydrogens is 148 g/mol. The largest absolute Gasteiger partial charge is 0.308 e. The molecule has 0 N–H and O–H groups in total. The highest BCUT2D eigenvalue weighted by Crippen LogP contribution is 2.29. The van der Waals surface area contributed by atoms with E-state index < -0.39 is 0 Å². The lowest BCUT2D eigenvalue weighted by atomic mass is 10.1. The minimum Gasteiger partial charge on any atom is -0.308 e. The average molecular weight is 162 g/mol. The van der Waals surface area contributed by atoms with Gasteiger partial charge in [-0.15, -0.1) is 0 Å². The van der Waals surface area contributed by atoms with Gasteiger partial charge < -0.3 is 5.01 Å². The van der Waals surface area contributed by atoms with Crippen molar-refractivity contribution in [2.45, 2.75) is 13.5 Å². The number of nitrogens with zero attached hydrogens (tertiary/aromatic N) is 2. The van der Waals surface area contributed by atoms with Gasteiger partial charge in [0.15, 0.2) is 0 Å². The molecule has 1 heterocycles. The van der Waals surface area contributed by atoms with Crippen LogP contribution in [0.3, 0.4) is 0 Å². The zero-order valence-electron chi connectivity index (χ0n) is 7.83. The van der Waals surface area contributed by atoms with E-state index in [1.807, 2.05) is 0 Å². The van der Waals surface area contributed by atoms with Crippen LogP contribution in [-0.2, 0) is 6.54 Å². The van der Waals surface area contributed by atoms with Gasteiger partial charge >= 0.3 is 0 Å². The number of rotatable bonds is 0. The van der Waals surface area contributed by atoms with Crippen LogP contribution in [0.1, 0.15) is 11.1 Å². The summed E-state index contributed by atoms with van der Waals surface area (Å²) in [7, 11) is 4.21. The lowest BCUT2D eigenvalue weighted by Crippen LogP contribution is -2.29. The maximum atomic E-state index is 2.23. The van der Waals surface area contributed by atoms with E-state index in [9.17, 15) is 0 Å². The monoisotopic (exact) mass is 162 g/mol. The van der Waals surface area contributed by atoms with Crippen LogP contribution < -0.4 is 5.01 Å². The van der Waals surface area contributed by atoms with E-state index in [4.69, 9.17) is 0 Å². The Labute approximate surface area is 73.4 Å². The van der Waals surface area contributed by atoms with Crippen LogP contribution in [0.4, 0.5) is 5.69 Å². The van der Waals surface area contributed by atoms with Gasteiger partial charge in [-0.1, -0.05) is 12.1 Å². The second-order valence-electron chi connectivity index (χ2n) is 3.47. The van der Waals surface area contributed by atoms with E-state index in [0.717, 1.165) is 6.54 Å². The zero-order valence-corrected chi connectivity index (χ0v) is 7.83. The Kier molecular flexibility index (Phi) is 1.58. The summed E-state index contributed by atoms with van der Waals surface area (Å²) >= 11 is 0. The van der Waals surface area contributed by atoms with Gasteiger partial charge in [0.05, 0.1) is 5.69 Å². The lowest BCUT2D eigenvalue weighted by molar-refractivity contribution is 0.345. The number of benzene rings is 1. The highest BCUT2D eigenvalue weighted by Gasteiger charge is 2.19. The van der Waals surface area contributed by atoms with Gasteiger partial charge in [-0.25, -0.2) is 5.01 Å². The van der Waals surface area contributed by atoms with E-state index >= 15 is 0 Å². The third-order valence-electron chi connectivity index (χ3n) is 2.50. The van der Waals surface area contributed by atoms with Crippen molar-refractivity contribution in [2.75, 3.05) is 19.1 Å². The van der Waals surface area contributed by atoms with Gasteiger partial charge in [-0.2, -0.15) is 0 Å². The molecule has 1 aliphatic rings. The van der Waals surface area contributed by atoms with Crippen LogP contribution in [0.25, 0.3) is 0 Å². The first-order valence-corrected chi connectivity index (χ1v) is 4.23. The van der Waals surface area contributed by atoms with Gasteiger partial charge in [0.1, 0.15) is 0 Å². The second-order valence-corrected chi connectivity index (χ2v) is 3.47. The summed E-state index contributed by atoms with van der Waals surface area (Å²) < 4.78 is 0. The summed E-state index contributed by atoms with van der Waals surface area (Å²) in [6, 6.07) is 6.62. The highest BCUT2D eigenvalue weighted by atomic mass is 15.6. The van der Waals surface area contributed by atoms with Crippen LogP contribution in [-0.4, -0.2) is 19.1 Å². The van der Waals surface area contributed by atoms with Gasteiger partial charge in [-0.3, -0.25) is 0 Å². The first-order valence-electron chi connectivity index (χ1n) is 4.23. The molecule has 0 fully saturated rings. The third kappa shape index (κ3) is 0.994. The minimum atomic E-state index is 1.03. The molecule has 2 heteroatoms. The van der Waals surface area contributed by atoms with Crippen molar-refractivity contribution in [1.82, 2.24) is 5.01 Å². The van der Waals surface area contributed by atoms with E-state index in [-0.39, 0.29) is 0 Å². The topological polar surface area (TPSA) is 6.48 Å². The van der Waals surface area contributed by atoms with Crippen LogP contribution in [0.5, 0.6) is 0 Å². The maximum Gasteiger partial charge on any atom is 0.0567 e. The molecule has 0 aromatic heterocycles. The van der Waals surface area contributed by atoms with Crippen molar-refractivity contribution in [1.29, 1.82) is 0 Å². The Morgan fingerprint density at radius 1 is 1.25 bits per heavy atom. The van der Waals surface area contributed by atoms with Crippen molar-refractivity contribution < 1.29 is 0 Å². The van der Waals surface area contributed by atoms with Gasteiger partial charge in [0.25, 0.3) is 0 Å². The molecule has 1 aromatic carbocycles. The smallest absolute Gasteiger partial charge is 0.0567 e. The summed E-state index contributed by atoms with van der Waals surface area (Å²) in [4.78, 5) is 0. The van der Waals surface area contributed by atoms with E-state index in [0.29, 0.717) is 0 Å². The average Bonchev–Trinajstić information content (AvgIpc) is 2.31. The predicted molar refractivity (Wildman–Crippen MR) is 51.0 cm³/mol. The Bertz CT molecular complexity index is 307. The van der Waals surface area contributed by atoms with E-state index in [2.05, 4.69) is 49.2 Å². The summed E-state index contributed by atoms with van der Waals surface area (Å²) in [5.74, 6) is 0. The number of aryl methyl sites for hydroxylation is 1. The predicted octanol–water partition coefficient (Wildman–Crippen LogP) is 1.79. The Morgan fingerprint density at radius 2 is 2.00 bits per heavy atom. The van der Waals surface area contributed by atoms with E-state index in [1.165, 1.54) is 16.8 Å². The molecular formula is C10H14N2. The fourth-order valence-electron chi connectivity index (χ4n) is 1.65. The molecule has 0 aliphatic carbocycles. The van der Waals surface area contributed by atoms with Crippen molar-refractivity contribution in [3.63, 3.8) is 0 Å². The zero-order chi connectivity index (χ0) is 8.72. The number of fused-ring (bicyclic) bond motifs is 1. The van der Waals surface area contributed by atoms with Crippen molar-refractivity contribution in [3.8, 4) is 0 Å². The quantitative estimate of drug-likeness (QED) is 0.574. The van der Waals surface area contributed by atoms with Crippen molar-refractivity contribution in [3.05, 3.63) is 29.3 Å². The summed E-state index contributed by atoms with van der Waals surface area (Å²) in [6.45, 7) is 3.17. The Balaban J connectivity index is 2.48. The fourth-order valence-corrected chi connectivity index (χ4v) is 1.65. The number of anilines is 1. The molecule has 0 spiro atoms. The van der Waals surface area contributed by atoms with Crippen molar-refractivity contribution in [2.24, 2.45) is 0 Å². The summed E-state index contributed by atoms with van der Waals surface area (Å²) in [6.07, 6.45) is 0. The fraction of sp³-hybridized carbons (Fsp3) is 0.400. The molecule has 0 atom stereocenters. The van der Waals surface area contributed by atoms with Crippen LogP contribution >= 0.6 is 0 Å². The molecule has 12 heavy (non-hydrogen) atoms. The minimum absolute atomic E-state index is 1.03. The molecule has 0 amide bonds. The molecule has 2 nitrogen and oxygen atoms in total. The van der Waals surface area contributed by atoms with Gasteiger partial charge in [0.2, 0.25) is 0 Å². The lowest BCUT2D eigenvalue weighted by Gasteiger charge is -2.21. The number of hydrogen-bond donors (Lipinski definition) is 0. The molecule has 0 radical (unpaired) electrons. The standard InChI is InChI=1S/C10H14N2/c1-8-4-5-9-7-11(2)12(3)10(9)6-8/h4-6H,7H2,1-3H3. The van der Waals surface area contributed by atoms with Crippen LogP contribution in [0, 0.1) is 6.92 Å². The molecule has 0 saturated heterocycles. The normalized spacial score (nSPS) is 16.8. The van der Waals surface area contributed by atoms with Crippen LogP contribution in [0.15, 0.2) is 18.2 Å². The molecule has 64 valence electrons. The van der Waals surface area contributed by atoms with E-state index in [1.54, 1.807) is 0 Å². The Morgan fingerprint density at radius 3 is 2.75 bits per heavy atom. The summed E-state index contributed by atoms with van der Waals surface area (Å²) in [5, 5.41) is 4.41. The van der Waals surface area contributed by atoms with Crippen molar-refractivity contribution >= 4 is 5.69 Å².